The van der Waals surface area contributed by atoms with E-state index in [-0.39, 0.29) is 6.04 Å². The van der Waals surface area contributed by atoms with Crippen molar-refractivity contribution in [3.8, 4) is 11.8 Å². The molecule has 0 spiro atoms. The van der Waals surface area contributed by atoms with E-state index in [1.165, 1.54) is 16.8 Å². The Morgan fingerprint density at radius 3 is 1.94 bits per heavy atom. The monoisotopic (exact) mass is 432 g/mol. The Kier molecular flexibility index (Phi) is 6.34. The summed E-state index contributed by atoms with van der Waals surface area (Å²) in [6.45, 7) is 4.94. The molecule has 0 saturated carbocycles. The van der Waals surface area contributed by atoms with Crippen molar-refractivity contribution in [1.29, 1.82) is 5.26 Å². The molecular weight excluding hydrogens is 404 g/mol. The van der Waals surface area contributed by atoms with Crippen LogP contribution in [0, 0.1) is 11.3 Å². The van der Waals surface area contributed by atoms with Gasteiger partial charge in [-0.1, -0.05) is 72.8 Å². The predicted octanol–water partition coefficient (Wildman–Crippen LogP) is 5.26. The third-order valence-electron chi connectivity index (χ3n) is 6.51. The fraction of sp³-hybridized carbons (Fsp3) is 0.207. The summed E-state index contributed by atoms with van der Waals surface area (Å²) in [4.78, 5) is 5.12. The molecule has 1 fully saturated rings. The summed E-state index contributed by atoms with van der Waals surface area (Å²) in [5, 5.41) is 9.52. The number of piperazine rings is 1. The SMILES string of the molecule is N#Cc1ccccc1-n1cccc1CN1CCN(C(c2ccccc2)c2ccccc2)CC1. The van der Waals surface area contributed by atoms with Gasteiger partial charge in [0.1, 0.15) is 6.07 Å². The first kappa shape index (κ1) is 21.2. The lowest BCUT2D eigenvalue weighted by Crippen LogP contribution is -2.47. The van der Waals surface area contributed by atoms with E-state index in [9.17, 15) is 5.26 Å². The van der Waals surface area contributed by atoms with Gasteiger partial charge in [0.15, 0.2) is 0 Å². The minimum Gasteiger partial charge on any atom is -0.318 e. The molecule has 0 atom stereocenters. The molecule has 1 aliphatic rings. The molecule has 0 aliphatic carbocycles. The van der Waals surface area contributed by atoms with Crippen LogP contribution in [0.15, 0.2) is 103 Å². The number of nitrogens with zero attached hydrogens (tertiary/aromatic N) is 4. The van der Waals surface area contributed by atoms with E-state index in [4.69, 9.17) is 0 Å². The molecule has 1 aliphatic heterocycles. The Morgan fingerprint density at radius 2 is 1.30 bits per heavy atom. The Labute approximate surface area is 195 Å². The summed E-state index contributed by atoms with van der Waals surface area (Å²) >= 11 is 0. The van der Waals surface area contributed by atoms with E-state index in [1.54, 1.807) is 0 Å². The van der Waals surface area contributed by atoms with Gasteiger partial charge in [-0.2, -0.15) is 5.26 Å². The minimum absolute atomic E-state index is 0.279. The van der Waals surface area contributed by atoms with Gasteiger partial charge in [-0.25, -0.2) is 0 Å². The van der Waals surface area contributed by atoms with Crippen LogP contribution < -0.4 is 0 Å². The van der Waals surface area contributed by atoms with Crippen LogP contribution >= 0.6 is 0 Å². The predicted molar refractivity (Wildman–Crippen MR) is 132 cm³/mol. The first-order valence-electron chi connectivity index (χ1n) is 11.6. The Balaban J connectivity index is 1.31. The highest BCUT2D eigenvalue weighted by molar-refractivity contribution is 5.49. The van der Waals surface area contributed by atoms with Crippen LogP contribution in [-0.2, 0) is 6.54 Å². The molecule has 1 aromatic heterocycles. The van der Waals surface area contributed by atoms with Crippen molar-refractivity contribution >= 4 is 0 Å². The van der Waals surface area contributed by atoms with Crippen LogP contribution in [0.4, 0.5) is 0 Å². The first-order chi connectivity index (χ1) is 16.3. The van der Waals surface area contributed by atoms with Gasteiger partial charge >= 0.3 is 0 Å². The lowest BCUT2D eigenvalue weighted by Gasteiger charge is -2.40. The maximum Gasteiger partial charge on any atom is 0.101 e. The summed E-state index contributed by atoms with van der Waals surface area (Å²) in [5.74, 6) is 0. The van der Waals surface area contributed by atoms with Crippen molar-refractivity contribution in [3.63, 3.8) is 0 Å². The van der Waals surface area contributed by atoms with Gasteiger partial charge in [0.2, 0.25) is 0 Å². The van der Waals surface area contributed by atoms with Crippen molar-refractivity contribution in [2.24, 2.45) is 0 Å². The summed E-state index contributed by atoms with van der Waals surface area (Å²) in [6, 6.07) is 36.3. The molecule has 4 aromatic rings. The maximum atomic E-state index is 9.52. The molecule has 2 heterocycles. The molecule has 3 aromatic carbocycles. The molecule has 1 saturated heterocycles. The molecule has 0 amide bonds. The second kappa shape index (κ2) is 9.87. The van der Waals surface area contributed by atoms with E-state index in [2.05, 4.69) is 99.4 Å². The maximum absolute atomic E-state index is 9.52. The summed E-state index contributed by atoms with van der Waals surface area (Å²) in [5.41, 5.74) is 5.56. The van der Waals surface area contributed by atoms with E-state index in [1.807, 2.05) is 24.3 Å². The van der Waals surface area contributed by atoms with Crippen molar-refractivity contribution in [2.45, 2.75) is 12.6 Å². The molecule has 0 N–H and O–H groups in total. The second-order valence-corrected chi connectivity index (χ2v) is 8.53. The van der Waals surface area contributed by atoms with Crippen molar-refractivity contribution < 1.29 is 0 Å². The molecule has 164 valence electrons. The molecule has 0 bridgehead atoms. The van der Waals surface area contributed by atoms with Gasteiger partial charge < -0.3 is 4.57 Å². The molecule has 0 unspecified atom stereocenters. The van der Waals surface area contributed by atoms with Crippen LogP contribution in [0.5, 0.6) is 0 Å². The zero-order chi connectivity index (χ0) is 22.5. The zero-order valence-corrected chi connectivity index (χ0v) is 18.7. The van der Waals surface area contributed by atoms with E-state index < -0.39 is 0 Å². The fourth-order valence-corrected chi connectivity index (χ4v) is 4.85. The molecule has 5 rings (SSSR count). The van der Waals surface area contributed by atoms with Crippen molar-refractivity contribution in [3.05, 3.63) is 126 Å². The van der Waals surface area contributed by atoms with Crippen LogP contribution in [-0.4, -0.2) is 40.5 Å². The standard InChI is InChI=1S/C29H28N4/c30-22-26-14-7-8-16-28(26)33-17-9-15-27(33)23-31-18-20-32(21-19-31)29(24-10-3-1-4-11-24)25-12-5-2-6-13-25/h1-17,29H,18-21,23H2. The zero-order valence-electron chi connectivity index (χ0n) is 18.7. The summed E-state index contributed by atoms with van der Waals surface area (Å²) in [6.07, 6.45) is 2.06. The Morgan fingerprint density at radius 1 is 0.697 bits per heavy atom. The van der Waals surface area contributed by atoms with E-state index >= 15 is 0 Å². The molecular formula is C29H28N4. The molecule has 4 nitrogen and oxygen atoms in total. The fourth-order valence-electron chi connectivity index (χ4n) is 4.85. The number of para-hydroxylation sites is 1. The summed E-state index contributed by atoms with van der Waals surface area (Å²) in [7, 11) is 0. The largest absolute Gasteiger partial charge is 0.318 e. The highest BCUT2D eigenvalue weighted by atomic mass is 15.3. The second-order valence-electron chi connectivity index (χ2n) is 8.53. The lowest BCUT2D eigenvalue weighted by atomic mass is 9.96. The van der Waals surface area contributed by atoms with Crippen molar-refractivity contribution in [1.82, 2.24) is 14.4 Å². The number of hydrogen-bond donors (Lipinski definition) is 0. The Bertz CT molecular complexity index is 1180. The highest BCUT2D eigenvalue weighted by Crippen LogP contribution is 2.29. The van der Waals surface area contributed by atoms with Gasteiger partial charge in [0, 0.05) is 44.6 Å². The quantitative estimate of drug-likeness (QED) is 0.417. The van der Waals surface area contributed by atoms with E-state index in [0.29, 0.717) is 5.56 Å². The van der Waals surface area contributed by atoms with Crippen molar-refractivity contribution in [2.75, 3.05) is 26.2 Å². The summed E-state index contributed by atoms with van der Waals surface area (Å²) < 4.78 is 2.15. The van der Waals surface area contributed by atoms with Crippen LogP contribution in [0.1, 0.15) is 28.4 Å². The number of hydrogen-bond acceptors (Lipinski definition) is 3. The number of rotatable bonds is 6. The third-order valence-corrected chi connectivity index (χ3v) is 6.51. The van der Waals surface area contributed by atoms with Gasteiger partial charge in [-0.05, 0) is 35.4 Å². The first-order valence-corrected chi connectivity index (χ1v) is 11.6. The Hall–Kier alpha value is -3.65. The normalized spacial score (nSPS) is 14.9. The topological polar surface area (TPSA) is 35.2 Å². The van der Waals surface area contributed by atoms with Crippen LogP contribution in [0.25, 0.3) is 5.69 Å². The smallest absolute Gasteiger partial charge is 0.101 e. The average Bonchev–Trinajstić information content (AvgIpc) is 3.34. The van der Waals surface area contributed by atoms with Crippen LogP contribution in [0.3, 0.4) is 0 Å². The number of aromatic nitrogens is 1. The van der Waals surface area contributed by atoms with Crippen LogP contribution in [0.2, 0.25) is 0 Å². The average molecular weight is 433 g/mol. The van der Waals surface area contributed by atoms with E-state index in [0.717, 1.165) is 38.4 Å². The minimum atomic E-state index is 0.279. The third kappa shape index (κ3) is 4.61. The number of benzene rings is 3. The molecule has 33 heavy (non-hydrogen) atoms. The lowest BCUT2D eigenvalue weighted by molar-refractivity contribution is 0.103. The highest BCUT2D eigenvalue weighted by Gasteiger charge is 2.26. The number of nitriles is 1. The molecule has 0 radical (unpaired) electrons. The van der Waals surface area contributed by atoms with Gasteiger partial charge in [-0.3, -0.25) is 9.80 Å². The van der Waals surface area contributed by atoms with Gasteiger partial charge in [-0.15, -0.1) is 0 Å². The van der Waals surface area contributed by atoms with Gasteiger partial charge in [0.05, 0.1) is 17.3 Å². The van der Waals surface area contributed by atoms with Gasteiger partial charge in [0.25, 0.3) is 0 Å². The molecule has 4 heteroatoms.